The maximum absolute atomic E-state index is 12.5. The van der Waals surface area contributed by atoms with Crippen LogP contribution in [-0.4, -0.2) is 23.1 Å². The zero-order chi connectivity index (χ0) is 17.6. The van der Waals surface area contributed by atoms with E-state index in [2.05, 4.69) is 12.1 Å². The monoisotopic (exact) mass is 326 g/mol. The Bertz CT molecular complexity index is 646. The van der Waals surface area contributed by atoms with Crippen LogP contribution < -0.4 is 5.73 Å². The van der Waals surface area contributed by atoms with Crippen LogP contribution >= 0.6 is 0 Å². The van der Waals surface area contributed by atoms with E-state index in [1.165, 1.54) is 5.56 Å². The first-order chi connectivity index (χ1) is 11.3. The SMILES string of the molecule is CC(C)(C)OC(=O)N(CCc1ccccc1)Cc1ccc(N)cc1. The molecular weight excluding hydrogens is 300 g/mol. The van der Waals surface area contributed by atoms with Crippen LogP contribution in [0.25, 0.3) is 0 Å². The van der Waals surface area contributed by atoms with Gasteiger partial charge in [0.15, 0.2) is 0 Å². The molecule has 128 valence electrons. The second-order valence-electron chi connectivity index (χ2n) is 6.88. The molecule has 0 radical (unpaired) electrons. The molecule has 4 heteroatoms. The number of hydrogen-bond acceptors (Lipinski definition) is 3. The molecule has 2 N–H and O–H groups in total. The zero-order valence-electron chi connectivity index (χ0n) is 14.7. The van der Waals surface area contributed by atoms with Gasteiger partial charge < -0.3 is 15.4 Å². The number of rotatable bonds is 5. The van der Waals surface area contributed by atoms with E-state index >= 15 is 0 Å². The van der Waals surface area contributed by atoms with Gasteiger partial charge in [-0.1, -0.05) is 42.5 Å². The van der Waals surface area contributed by atoms with Crippen molar-refractivity contribution in [2.45, 2.75) is 39.3 Å². The number of hydrogen-bond donors (Lipinski definition) is 1. The molecule has 0 aliphatic carbocycles. The fraction of sp³-hybridized carbons (Fsp3) is 0.350. The lowest BCUT2D eigenvalue weighted by atomic mass is 10.1. The summed E-state index contributed by atoms with van der Waals surface area (Å²) in [6.07, 6.45) is 0.491. The number of ether oxygens (including phenoxy) is 1. The van der Waals surface area contributed by atoms with Crippen molar-refractivity contribution in [1.82, 2.24) is 4.90 Å². The summed E-state index contributed by atoms with van der Waals surface area (Å²) in [6, 6.07) is 17.7. The van der Waals surface area contributed by atoms with Crippen LogP contribution in [0.2, 0.25) is 0 Å². The molecule has 0 saturated heterocycles. The van der Waals surface area contributed by atoms with E-state index in [1.54, 1.807) is 4.90 Å². The molecule has 0 fully saturated rings. The Kier molecular flexibility index (Phi) is 5.85. The van der Waals surface area contributed by atoms with E-state index in [0.717, 1.165) is 12.0 Å². The molecule has 0 atom stereocenters. The van der Waals surface area contributed by atoms with E-state index in [4.69, 9.17) is 10.5 Å². The molecule has 4 nitrogen and oxygen atoms in total. The van der Waals surface area contributed by atoms with Crippen molar-refractivity contribution in [1.29, 1.82) is 0 Å². The van der Waals surface area contributed by atoms with Crippen LogP contribution in [0.4, 0.5) is 10.5 Å². The third-order valence-electron chi connectivity index (χ3n) is 3.52. The Morgan fingerprint density at radius 1 is 1.00 bits per heavy atom. The average Bonchev–Trinajstić information content (AvgIpc) is 2.52. The average molecular weight is 326 g/mol. The van der Waals surface area contributed by atoms with Gasteiger partial charge in [-0.2, -0.15) is 0 Å². The summed E-state index contributed by atoms with van der Waals surface area (Å²) >= 11 is 0. The van der Waals surface area contributed by atoms with E-state index in [0.29, 0.717) is 18.8 Å². The Morgan fingerprint density at radius 2 is 1.62 bits per heavy atom. The molecule has 2 aromatic rings. The lowest BCUT2D eigenvalue weighted by Crippen LogP contribution is -2.37. The van der Waals surface area contributed by atoms with Gasteiger partial charge in [0.25, 0.3) is 0 Å². The molecule has 0 unspecified atom stereocenters. The van der Waals surface area contributed by atoms with Gasteiger partial charge in [0.2, 0.25) is 0 Å². The minimum Gasteiger partial charge on any atom is -0.444 e. The summed E-state index contributed by atoms with van der Waals surface area (Å²) in [5.41, 5.74) is 8.16. The molecule has 0 spiro atoms. The van der Waals surface area contributed by atoms with Crippen LogP contribution in [0.5, 0.6) is 0 Å². The van der Waals surface area contributed by atoms with Crippen molar-refractivity contribution >= 4 is 11.8 Å². The number of nitrogen functional groups attached to an aromatic ring is 1. The van der Waals surface area contributed by atoms with Gasteiger partial charge in [-0.05, 0) is 50.5 Å². The van der Waals surface area contributed by atoms with Crippen LogP contribution in [0.1, 0.15) is 31.9 Å². The van der Waals surface area contributed by atoms with Gasteiger partial charge >= 0.3 is 6.09 Å². The van der Waals surface area contributed by atoms with E-state index < -0.39 is 5.60 Å². The molecule has 0 bridgehead atoms. The number of amides is 1. The topological polar surface area (TPSA) is 55.6 Å². The molecule has 0 saturated carbocycles. The van der Waals surface area contributed by atoms with Gasteiger partial charge in [0.1, 0.15) is 5.60 Å². The third-order valence-corrected chi connectivity index (χ3v) is 3.52. The van der Waals surface area contributed by atoms with Crippen LogP contribution in [0.3, 0.4) is 0 Å². The molecule has 2 rings (SSSR count). The summed E-state index contributed by atoms with van der Waals surface area (Å²) in [7, 11) is 0. The highest BCUT2D eigenvalue weighted by atomic mass is 16.6. The molecule has 24 heavy (non-hydrogen) atoms. The first kappa shape index (κ1) is 17.9. The lowest BCUT2D eigenvalue weighted by molar-refractivity contribution is 0.0236. The highest BCUT2D eigenvalue weighted by Gasteiger charge is 2.22. The number of nitrogens with two attached hydrogens (primary N) is 1. The first-order valence-corrected chi connectivity index (χ1v) is 8.20. The Hall–Kier alpha value is -2.49. The lowest BCUT2D eigenvalue weighted by Gasteiger charge is -2.27. The Labute approximate surface area is 144 Å². The second-order valence-corrected chi connectivity index (χ2v) is 6.88. The van der Waals surface area contributed by atoms with Crippen molar-refractivity contribution in [2.75, 3.05) is 12.3 Å². The Morgan fingerprint density at radius 3 is 2.21 bits per heavy atom. The van der Waals surface area contributed by atoms with Gasteiger partial charge in [0.05, 0.1) is 0 Å². The fourth-order valence-electron chi connectivity index (χ4n) is 2.31. The molecule has 1 amide bonds. The van der Waals surface area contributed by atoms with Gasteiger partial charge in [-0.25, -0.2) is 4.79 Å². The zero-order valence-corrected chi connectivity index (χ0v) is 14.7. The van der Waals surface area contributed by atoms with Gasteiger partial charge in [-0.15, -0.1) is 0 Å². The molecular formula is C20H26N2O2. The maximum atomic E-state index is 12.5. The van der Waals surface area contributed by atoms with Crippen molar-refractivity contribution in [2.24, 2.45) is 0 Å². The van der Waals surface area contributed by atoms with Crippen LogP contribution in [0, 0.1) is 0 Å². The smallest absolute Gasteiger partial charge is 0.410 e. The standard InChI is InChI=1S/C20H26N2O2/c1-20(2,3)24-19(23)22(14-13-16-7-5-4-6-8-16)15-17-9-11-18(21)12-10-17/h4-12H,13-15,21H2,1-3H3. The van der Waals surface area contributed by atoms with Crippen LogP contribution in [-0.2, 0) is 17.7 Å². The van der Waals surface area contributed by atoms with Crippen molar-refractivity contribution in [3.05, 3.63) is 65.7 Å². The number of nitrogens with zero attached hydrogens (tertiary/aromatic N) is 1. The van der Waals surface area contributed by atoms with Gasteiger partial charge in [0, 0.05) is 18.8 Å². The van der Waals surface area contributed by atoms with Crippen LogP contribution in [0.15, 0.2) is 54.6 Å². The summed E-state index contributed by atoms with van der Waals surface area (Å²) in [6.45, 7) is 6.74. The first-order valence-electron chi connectivity index (χ1n) is 8.20. The molecule has 0 heterocycles. The number of carbonyl (C=O) groups excluding carboxylic acids is 1. The predicted molar refractivity (Wildman–Crippen MR) is 97.6 cm³/mol. The normalized spacial score (nSPS) is 11.1. The number of benzene rings is 2. The fourth-order valence-corrected chi connectivity index (χ4v) is 2.31. The molecule has 2 aromatic carbocycles. The quantitative estimate of drug-likeness (QED) is 0.836. The summed E-state index contributed by atoms with van der Waals surface area (Å²) in [4.78, 5) is 14.3. The summed E-state index contributed by atoms with van der Waals surface area (Å²) in [5.74, 6) is 0. The minimum atomic E-state index is -0.511. The maximum Gasteiger partial charge on any atom is 0.410 e. The van der Waals surface area contributed by atoms with E-state index in [9.17, 15) is 4.79 Å². The summed E-state index contributed by atoms with van der Waals surface area (Å²) < 4.78 is 5.55. The highest BCUT2D eigenvalue weighted by Crippen LogP contribution is 2.15. The molecule has 0 aromatic heterocycles. The summed E-state index contributed by atoms with van der Waals surface area (Å²) in [5, 5.41) is 0. The number of carbonyl (C=O) groups is 1. The predicted octanol–water partition coefficient (Wildman–Crippen LogP) is 4.25. The Balaban J connectivity index is 2.08. The minimum absolute atomic E-state index is 0.296. The number of anilines is 1. The van der Waals surface area contributed by atoms with E-state index in [-0.39, 0.29) is 6.09 Å². The van der Waals surface area contributed by atoms with Gasteiger partial charge in [-0.3, -0.25) is 0 Å². The van der Waals surface area contributed by atoms with Crippen molar-refractivity contribution in [3.63, 3.8) is 0 Å². The largest absolute Gasteiger partial charge is 0.444 e. The third kappa shape index (κ3) is 5.95. The second kappa shape index (κ2) is 7.86. The molecule has 0 aliphatic heterocycles. The van der Waals surface area contributed by atoms with E-state index in [1.807, 2.05) is 63.2 Å². The highest BCUT2D eigenvalue weighted by molar-refractivity contribution is 5.68. The molecule has 0 aliphatic rings. The van der Waals surface area contributed by atoms with Crippen molar-refractivity contribution < 1.29 is 9.53 Å². The van der Waals surface area contributed by atoms with Crippen molar-refractivity contribution in [3.8, 4) is 0 Å².